The zero-order valence-corrected chi connectivity index (χ0v) is 19.5. The Balaban J connectivity index is 0.000000638. The Hall–Kier alpha value is -4.51. The Labute approximate surface area is 214 Å². The fourth-order valence-electron chi connectivity index (χ4n) is 3.03. The minimum atomic E-state index is -5.08. The van der Waals surface area contributed by atoms with Crippen molar-refractivity contribution in [3.8, 4) is 22.9 Å². The highest BCUT2D eigenvalue weighted by Crippen LogP contribution is 2.34. The van der Waals surface area contributed by atoms with E-state index in [1.54, 1.807) is 18.2 Å². The van der Waals surface area contributed by atoms with Crippen LogP contribution in [0.25, 0.3) is 11.1 Å². The van der Waals surface area contributed by atoms with Gasteiger partial charge in [-0.25, -0.2) is 9.59 Å². The quantitative estimate of drug-likeness (QED) is 0.402. The average Bonchev–Trinajstić information content (AvgIpc) is 2.83. The Morgan fingerprint density at radius 1 is 1.13 bits per heavy atom. The standard InChI is InChI=1S/C21H14ClF2N3O4.C2HF3O2/c22-13-5-4-12(10-25)15(7-13)16-9-19(28)27(11-18(16)31-21(23)24)17(20(29)30)8-14-3-1-2-6-26-14;3-2(4,5)1(6)7/h1-7,9,11,17,21H,8H2,(H,29,30);(H,6,7). The van der Waals surface area contributed by atoms with Crippen molar-refractivity contribution in [2.24, 2.45) is 0 Å². The van der Waals surface area contributed by atoms with Gasteiger partial charge in [0.1, 0.15) is 11.8 Å². The first kappa shape index (κ1) is 29.7. The second-order valence-electron chi connectivity index (χ2n) is 7.16. The maximum Gasteiger partial charge on any atom is 0.490 e. The third-order valence-electron chi connectivity index (χ3n) is 4.64. The molecule has 1 atom stereocenters. The van der Waals surface area contributed by atoms with Gasteiger partial charge >= 0.3 is 24.7 Å². The molecular weight excluding hydrogens is 545 g/mol. The molecule has 0 aliphatic carbocycles. The van der Waals surface area contributed by atoms with Gasteiger partial charge < -0.3 is 14.9 Å². The molecule has 1 aromatic carbocycles. The number of hydrogen-bond donors (Lipinski definition) is 2. The summed E-state index contributed by atoms with van der Waals surface area (Å²) in [6.07, 6.45) is -2.88. The minimum Gasteiger partial charge on any atom is -0.480 e. The molecule has 0 saturated carbocycles. The lowest BCUT2D eigenvalue weighted by Gasteiger charge is -2.19. The number of benzene rings is 1. The smallest absolute Gasteiger partial charge is 0.480 e. The van der Waals surface area contributed by atoms with Crippen LogP contribution in [0.5, 0.6) is 5.75 Å². The lowest BCUT2D eigenvalue weighted by atomic mass is 10.00. The molecule has 2 N–H and O–H groups in total. The molecular formula is C23H15ClF5N3O6. The largest absolute Gasteiger partial charge is 0.490 e. The predicted octanol–water partition coefficient (Wildman–Crippen LogP) is 4.54. The van der Waals surface area contributed by atoms with Gasteiger partial charge in [-0.3, -0.25) is 14.3 Å². The second-order valence-corrected chi connectivity index (χ2v) is 7.60. The Kier molecular flexibility index (Phi) is 9.88. The van der Waals surface area contributed by atoms with Crippen LogP contribution in [-0.4, -0.2) is 44.5 Å². The summed E-state index contributed by atoms with van der Waals surface area (Å²) in [4.78, 5) is 37.6. The van der Waals surface area contributed by atoms with E-state index in [0.717, 1.165) is 16.8 Å². The predicted molar refractivity (Wildman–Crippen MR) is 121 cm³/mol. The zero-order chi connectivity index (χ0) is 28.6. The third-order valence-corrected chi connectivity index (χ3v) is 4.88. The number of carboxylic acids is 2. The Morgan fingerprint density at radius 3 is 2.29 bits per heavy atom. The van der Waals surface area contributed by atoms with Crippen molar-refractivity contribution in [1.82, 2.24) is 9.55 Å². The highest BCUT2D eigenvalue weighted by molar-refractivity contribution is 6.31. The van der Waals surface area contributed by atoms with Crippen LogP contribution in [0.3, 0.4) is 0 Å². The summed E-state index contributed by atoms with van der Waals surface area (Å²) in [7, 11) is 0. The maximum absolute atomic E-state index is 13.1. The molecule has 0 aliphatic rings. The molecule has 2 aromatic heterocycles. The van der Waals surface area contributed by atoms with Crippen molar-refractivity contribution in [1.29, 1.82) is 5.26 Å². The lowest BCUT2D eigenvalue weighted by Crippen LogP contribution is -2.31. The van der Waals surface area contributed by atoms with Gasteiger partial charge in [0, 0.05) is 40.5 Å². The van der Waals surface area contributed by atoms with E-state index in [1.165, 1.54) is 24.4 Å². The number of carboxylic acid groups (broad SMARTS) is 2. The van der Waals surface area contributed by atoms with Gasteiger partial charge in [0.05, 0.1) is 17.8 Å². The van der Waals surface area contributed by atoms with Crippen molar-refractivity contribution < 1.29 is 46.5 Å². The van der Waals surface area contributed by atoms with Crippen LogP contribution in [0.1, 0.15) is 17.3 Å². The van der Waals surface area contributed by atoms with Crippen LogP contribution in [0, 0.1) is 11.3 Å². The monoisotopic (exact) mass is 559 g/mol. The Morgan fingerprint density at radius 2 is 1.79 bits per heavy atom. The van der Waals surface area contributed by atoms with Crippen molar-refractivity contribution in [2.75, 3.05) is 0 Å². The maximum atomic E-state index is 13.1. The van der Waals surface area contributed by atoms with Crippen molar-refractivity contribution >= 4 is 23.5 Å². The molecule has 0 spiro atoms. The first-order valence-corrected chi connectivity index (χ1v) is 10.5. The van der Waals surface area contributed by atoms with E-state index in [2.05, 4.69) is 9.72 Å². The first-order chi connectivity index (χ1) is 17.7. The number of halogens is 6. The fourth-order valence-corrected chi connectivity index (χ4v) is 3.20. The summed E-state index contributed by atoms with van der Waals surface area (Å²) < 4.78 is 63.3. The van der Waals surface area contributed by atoms with E-state index in [0.29, 0.717) is 5.69 Å². The highest BCUT2D eigenvalue weighted by Gasteiger charge is 2.38. The number of alkyl halides is 5. The number of nitriles is 1. The van der Waals surface area contributed by atoms with Gasteiger partial charge in [-0.1, -0.05) is 17.7 Å². The lowest BCUT2D eigenvalue weighted by molar-refractivity contribution is -0.192. The number of nitrogens with zero attached hydrogens (tertiary/aromatic N) is 3. The van der Waals surface area contributed by atoms with Crippen molar-refractivity contribution in [3.05, 3.63) is 81.5 Å². The zero-order valence-electron chi connectivity index (χ0n) is 18.7. The van der Waals surface area contributed by atoms with E-state index in [9.17, 15) is 41.9 Å². The number of aliphatic carboxylic acids is 2. The van der Waals surface area contributed by atoms with Crippen LogP contribution in [-0.2, 0) is 16.0 Å². The van der Waals surface area contributed by atoms with E-state index in [1.807, 2.05) is 6.07 Å². The summed E-state index contributed by atoms with van der Waals surface area (Å²) in [5, 5.41) is 26.3. The summed E-state index contributed by atoms with van der Waals surface area (Å²) in [5.74, 6) is -4.59. The molecule has 0 saturated heterocycles. The molecule has 0 bridgehead atoms. The number of rotatable bonds is 7. The van der Waals surface area contributed by atoms with Crippen LogP contribution >= 0.6 is 11.6 Å². The van der Waals surface area contributed by atoms with Crippen LogP contribution < -0.4 is 10.3 Å². The normalized spacial score (nSPS) is 11.6. The average molecular weight is 560 g/mol. The molecule has 0 amide bonds. The van der Waals surface area contributed by atoms with Gasteiger partial charge in [0.25, 0.3) is 5.56 Å². The highest BCUT2D eigenvalue weighted by atomic mass is 35.5. The Bertz CT molecular complexity index is 1410. The molecule has 0 fully saturated rings. The fraction of sp³-hybridized carbons (Fsp3) is 0.174. The molecule has 15 heteroatoms. The number of pyridine rings is 2. The third kappa shape index (κ3) is 8.00. The molecule has 0 radical (unpaired) electrons. The van der Waals surface area contributed by atoms with Crippen molar-refractivity contribution in [2.45, 2.75) is 25.3 Å². The molecule has 3 rings (SSSR count). The van der Waals surface area contributed by atoms with Gasteiger partial charge in [0.2, 0.25) is 0 Å². The molecule has 38 heavy (non-hydrogen) atoms. The molecule has 0 aliphatic heterocycles. The number of ether oxygens (including phenoxy) is 1. The second kappa shape index (κ2) is 12.6. The summed E-state index contributed by atoms with van der Waals surface area (Å²) in [5.41, 5.74) is -0.328. The van der Waals surface area contributed by atoms with E-state index in [-0.39, 0.29) is 28.1 Å². The number of carbonyl (C=O) groups is 2. The number of hydrogen-bond acceptors (Lipinski definition) is 6. The number of aromatic nitrogens is 2. The van der Waals surface area contributed by atoms with E-state index < -0.39 is 42.1 Å². The topological polar surface area (TPSA) is 143 Å². The molecule has 9 nitrogen and oxygen atoms in total. The van der Waals surface area contributed by atoms with Gasteiger partial charge in [0.15, 0.2) is 0 Å². The summed E-state index contributed by atoms with van der Waals surface area (Å²) >= 11 is 5.97. The summed E-state index contributed by atoms with van der Waals surface area (Å²) in [6, 6.07) is 10.4. The molecule has 200 valence electrons. The van der Waals surface area contributed by atoms with Gasteiger partial charge in [-0.05, 0) is 30.3 Å². The molecule has 3 aromatic rings. The van der Waals surface area contributed by atoms with Crippen LogP contribution in [0.2, 0.25) is 5.02 Å². The van der Waals surface area contributed by atoms with Gasteiger partial charge in [-0.15, -0.1) is 0 Å². The minimum absolute atomic E-state index is 0.0731. The van der Waals surface area contributed by atoms with E-state index >= 15 is 0 Å². The summed E-state index contributed by atoms with van der Waals surface area (Å²) in [6.45, 7) is -3.26. The SMILES string of the molecule is N#Cc1ccc(Cl)cc1-c1cc(=O)n(C(Cc2ccccn2)C(=O)O)cc1OC(F)F.O=C(O)C(F)(F)F. The van der Waals surface area contributed by atoms with Crippen LogP contribution in [0.4, 0.5) is 22.0 Å². The molecule has 2 heterocycles. The molecule has 1 unspecified atom stereocenters. The van der Waals surface area contributed by atoms with Gasteiger partial charge in [-0.2, -0.15) is 27.2 Å². The van der Waals surface area contributed by atoms with Crippen molar-refractivity contribution in [3.63, 3.8) is 0 Å². The van der Waals surface area contributed by atoms with E-state index in [4.69, 9.17) is 21.5 Å². The first-order valence-electron chi connectivity index (χ1n) is 10.1. The van der Waals surface area contributed by atoms with Crippen LogP contribution in [0.15, 0.2) is 59.7 Å².